The van der Waals surface area contributed by atoms with Gasteiger partial charge in [0.2, 0.25) is 0 Å². The van der Waals surface area contributed by atoms with Crippen molar-refractivity contribution in [3.8, 4) is 11.8 Å². The fraction of sp³-hybridized carbons (Fsp3) is 0.0714. The van der Waals surface area contributed by atoms with E-state index in [4.69, 9.17) is 11.6 Å². The van der Waals surface area contributed by atoms with Gasteiger partial charge in [-0.15, -0.1) is 0 Å². The lowest BCUT2D eigenvalue weighted by molar-refractivity contribution is 0.475. The molecule has 1 atom stereocenters. The topological polar surface area (TPSA) is 56.0 Å². The predicted octanol–water partition coefficient (Wildman–Crippen LogP) is 4.48. The van der Waals surface area contributed by atoms with E-state index in [0.717, 1.165) is 10.2 Å². The molecule has 2 aromatic carbocycles. The molecule has 1 unspecified atom stereocenters. The molecule has 0 aromatic heterocycles. The minimum Gasteiger partial charge on any atom is -0.506 e. The third-order valence-electron chi connectivity index (χ3n) is 2.61. The summed E-state index contributed by atoms with van der Waals surface area (Å²) < 4.78 is 0.875. The number of rotatable bonds is 3. The van der Waals surface area contributed by atoms with E-state index in [9.17, 15) is 10.4 Å². The van der Waals surface area contributed by atoms with Crippen molar-refractivity contribution >= 4 is 33.2 Å². The lowest BCUT2D eigenvalue weighted by atomic mass is 10.1. The van der Waals surface area contributed by atoms with Crippen molar-refractivity contribution in [1.82, 2.24) is 0 Å². The number of benzene rings is 2. The van der Waals surface area contributed by atoms with Gasteiger partial charge in [0.25, 0.3) is 0 Å². The third-order valence-corrected chi connectivity index (χ3v) is 3.60. The van der Waals surface area contributed by atoms with Crippen molar-refractivity contribution in [3.05, 3.63) is 57.5 Å². The number of aromatic hydroxyl groups is 1. The first-order valence-electron chi connectivity index (χ1n) is 5.51. The predicted molar refractivity (Wildman–Crippen MR) is 79.2 cm³/mol. The van der Waals surface area contributed by atoms with E-state index in [-0.39, 0.29) is 10.8 Å². The van der Waals surface area contributed by atoms with Gasteiger partial charge in [-0.1, -0.05) is 29.8 Å². The van der Waals surface area contributed by atoms with Crippen LogP contribution in [0.4, 0.5) is 5.69 Å². The number of nitrogens with one attached hydrogen (secondary N) is 1. The summed E-state index contributed by atoms with van der Waals surface area (Å²) in [4.78, 5) is 0. The highest BCUT2D eigenvalue weighted by Gasteiger charge is 2.13. The Kier molecular flexibility index (Phi) is 4.31. The summed E-state index contributed by atoms with van der Waals surface area (Å²) in [5.74, 6) is 0.00278. The molecule has 19 heavy (non-hydrogen) atoms. The Morgan fingerprint density at radius 3 is 2.63 bits per heavy atom. The van der Waals surface area contributed by atoms with Gasteiger partial charge in [0.05, 0.1) is 11.1 Å². The minimum absolute atomic E-state index is 0.00278. The number of nitrogens with zero attached hydrogens (tertiary/aromatic N) is 1. The molecule has 0 fully saturated rings. The van der Waals surface area contributed by atoms with Crippen LogP contribution in [0.3, 0.4) is 0 Å². The number of nitriles is 1. The van der Waals surface area contributed by atoms with Crippen LogP contribution in [0.15, 0.2) is 46.9 Å². The van der Waals surface area contributed by atoms with Crippen LogP contribution >= 0.6 is 27.5 Å². The van der Waals surface area contributed by atoms with Crippen LogP contribution in [0.25, 0.3) is 0 Å². The molecule has 3 nitrogen and oxygen atoms in total. The largest absolute Gasteiger partial charge is 0.506 e. The normalized spacial score (nSPS) is 11.6. The van der Waals surface area contributed by atoms with Crippen molar-refractivity contribution in [2.45, 2.75) is 6.04 Å². The van der Waals surface area contributed by atoms with E-state index < -0.39 is 6.04 Å². The second-order valence-corrected chi connectivity index (χ2v) is 5.16. The summed E-state index contributed by atoms with van der Waals surface area (Å²) in [5, 5.41) is 22.0. The summed E-state index contributed by atoms with van der Waals surface area (Å²) in [5.41, 5.74) is 1.51. The fourth-order valence-electron chi connectivity index (χ4n) is 1.63. The van der Waals surface area contributed by atoms with Gasteiger partial charge in [-0.25, -0.2) is 0 Å². The molecule has 0 saturated heterocycles. The van der Waals surface area contributed by atoms with Crippen LogP contribution < -0.4 is 5.32 Å². The van der Waals surface area contributed by atoms with Crippen molar-refractivity contribution in [2.75, 3.05) is 5.32 Å². The molecule has 0 aliphatic heterocycles. The molecule has 2 N–H and O–H groups in total. The second-order valence-electron chi connectivity index (χ2n) is 3.90. The Bertz CT molecular complexity index is 640. The number of hydrogen-bond donors (Lipinski definition) is 2. The minimum atomic E-state index is -0.545. The van der Waals surface area contributed by atoms with Crippen LogP contribution in [0, 0.1) is 11.3 Å². The summed E-state index contributed by atoms with van der Waals surface area (Å²) in [7, 11) is 0. The van der Waals surface area contributed by atoms with Gasteiger partial charge in [0.15, 0.2) is 0 Å². The SMILES string of the molecule is N#CC(Nc1ccccc1Br)c1ccc(O)c(Cl)c1. The quantitative estimate of drug-likeness (QED) is 0.868. The number of hydrogen-bond acceptors (Lipinski definition) is 3. The molecule has 0 saturated carbocycles. The van der Waals surface area contributed by atoms with Gasteiger partial charge >= 0.3 is 0 Å². The summed E-state index contributed by atoms with van der Waals surface area (Å²) in [6, 6.07) is 13.9. The van der Waals surface area contributed by atoms with E-state index in [1.54, 1.807) is 12.1 Å². The monoisotopic (exact) mass is 336 g/mol. The molecule has 0 bridgehead atoms. The molecule has 2 aromatic rings. The van der Waals surface area contributed by atoms with Gasteiger partial charge in [-0.2, -0.15) is 5.26 Å². The Balaban J connectivity index is 2.28. The number of para-hydroxylation sites is 1. The van der Waals surface area contributed by atoms with Crippen molar-refractivity contribution < 1.29 is 5.11 Å². The Morgan fingerprint density at radius 2 is 2.00 bits per heavy atom. The van der Waals surface area contributed by atoms with Crippen LogP contribution in [0.5, 0.6) is 5.75 Å². The van der Waals surface area contributed by atoms with E-state index in [1.807, 2.05) is 24.3 Å². The van der Waals surface area contributed by atoms with Gasteiger partial charge < -0.3 is 10.4 Å². The molecule has 2 rings (SSSR count). The number of anilines is 1. The van der Waals surface area contributed by atoms with Gasteiger partial charge in [0, 0.05) is 10.2 Å². The molecule has 5 heteroatoms. The zero-order valence-corrected chi connectivity index (χ0v) is 12.1. The van der Waals surface area contributed by atoms with E-state index in [0.29, 0.717) is 5.56 Å². The van der Waals surface area contributed by atoms with Crippen molar-refractivity contribution in [1.29, 1.82) is 5.26 Å². The molecule has 0 spiro atoms. The standard InChI is InChI=1S/C14H10BrClN2O/c15-10-3-1-2-4-12(10)18-13(8-17)9-5-6-14(19)11(16)7-9/h1-7,13,18-19H. The van der Waals surface area contributed by atoms with E-state index >= 15 is 0 Å². The van der Waals surface area contributed by atoms with Crippen molar-refractivity contribution in [3.63, 3.8) is 0 Å². The first-order valence-corrected chi connectivity index (χ1v) is 6.68. The smallest absolute Gasteiger partial charge is 0.140 e. The summed E-state index contributed by atoms with van der Waals surface area (Å²) >= 11 is 9.27. The number of phenolic OH excluding ortho intramolecular Hbond substituents is 1. The first-order chi connectivity index (χ1) is 9.11. The maximum Gasteiger partial charge on any atom is 0.140 e. The molecule has 0 amide bonds. The summed E-state index contributed by atoms with van der Waals surface area (Å²) in [6.45, 7) is 0. The zero-order chi connectivity index (χ0) is 13.8. The molecule has 0 radical (unpaired) electrons. The molecule has 0 aliphatic rings. The lowest BCUT2D eigenvalue weighted by Gasteiger charge is -2.15. The summed E-state index contributed by atoms with van der Waals surface area (Å²) in [6.07, 6.45) is 0. The molecule has 96 valence electrons. The average Bonchev–Trinajstić information content (AvgIpc) is 2.41. The fourth-order valence-corrected chi connectivity index (χ4v) is 2.21. The molecule has 0 heterocycles. The van der Waals surface area contributed by atoms with Crippen LogP contribution in [0.1, 0.15) is 11.6 Å². The first kappa shape index (κ1) is 13.7. The Hall–Kier alpha value is -1.70. The van der Waals surface area contributed by atoms with Gasteiger partial charge in [0.1, 0.15) is 11.8 Å². The second kappa shape index (κ2) is 5.96. The number of phenols is 1. The average molecular weight is 338 g/mol. The van der Waals surface area contributed by atoms with E-state index in [1.165, 1.54) is 6.07 Å². The highest BCUT2D eigenvalue weighted by Crippen LogP contribution is 2.30. The van der Waals surface area contributed by atoms with Crippen LogP contribution in [-0.2, 0) is 0 Å². The highest BCUT2D eigenvalue weighted by molar-refractivity contribution is 9.10. The molecule has 0 aliphatic carbocycles. The molecular weight excluding hydrogens is 328 g/mol. The Morgan fingerprint density at radius 1 is 1.26 bits per heavy atom. The van der Waals surface area contributed by atoms with Crippen molar-refractivity contribution in [2.24, 2.45) is 0 Å². The number of halogens is 2. The zero-order valence-electron chi connectivity index (χ0n) is 9.77. The van der Waals surface area contributed by atoms with Crippen LogP contribution in [-0.4, -0.2) is 5.11 Å². The molecular formula is C14H10BrClN2O. The third kappa shape index (κ3) is 3.19. The Labute approximate surface area is 124 Å². The van der Waals surface area contributed by atoms with Gasteiger partial charge in [-0.3, -0.25) is 0 Å². The highest BCUT2D eigenvalue weighted by atomic mass is 79.9. The van der Waals surface area contributed by atoms with Crippen LogP contribution in [0.2, 0.25) is 5.02 Å². The van der Waals surface area contributed by atoms with Gasteiger partial charge in [-0.05, 0) is 45.8 Å². The lowest BCUT2D eigenvalue weighted by Crippen LogP contribution is -2.08. The van der Waals surface area contributed by atoms with E-state index in [2.05, 4.69) is 27.3 Å². The maximum atomic E-state index is 9.39. The maximum absolute atomic E-state index is 9.39.